The van der Waals surface area contributed by atoms with Gasteiger partial charge in [-0.15, -0.1) is 0 Å². The highest BCUT2D eigenvalue weighted by atomic mass is 16.5. The zero-order valence-electron chi connectivity index (χ0n) is 12.9. The average Bonchev–Trinajstić information content (AvgIpc) is 2.45. The summed E-state index contributed by atoms with van der Waals surface area (Å²) in [5, 5.41) is 3.65. The molecule has 1 aliphatic rings. The molecule has 3 nitrogen and oxygen atoms in total. The van der Waals surface area contributed by atoms with Crippen molar-refractivity contribution in [1.29, 1.82) is 0 Å². The molecule has 1 aliphatic carbocycles. The van der Waals surface area contributed by atoms with Gasteiger partial charge in [-0.25, -0.2) is 0 Å². The molecule has 0 bridgehead atoms. The molecule has 20 heavy (non-hydrogen) atoms. The first kappa shape index (κ1) is 15.2. The van der Waals surface area contributed by atoms with Crippen LogP contribution in [-0.4, -0.2) is 26.3 Å². The van der Waals surface area contributed by atoms with Crippen molar-refractivity contribution in [2.24, 2.45) is 5.41 Å². The molecule has 1 aromatic carbocycles. The van der Waals surface area contributed by atoms with E-state index in [1.807, 2.05) is 24.3 Å². The molecule has 0 aromatic heterocycles. The van der Waals surface area contributed by atoms with Crippen LogP contribution < -0.4 is 14.8 Å². The van der Waals surface area contributed by atoms with Gasteiger partial charge in [0.2, 0.25) is 0 Å². The molecule has 0 amide bonds. The van der Waals surface area contributed by atoms with Crippen LogP contribution in [0.1, 0.15) is 39.5 Å². The summed E-state index contributed by atoms with van der Waals surface area (Å²) in [6.45, 7) is 6.35. The summed E-state index contributed by atoms with van der Waals surface area (Å²) >= 11 is 0. The fraction of sp³-hybridized carbons (Fsp3) is 0.647. The fourth-order valence-electron chi connectivity index (χ4n) is 2.95. The Morgan fingerprint density at radius 2 is 1.85 bits per heavy atom. The Hall–Kier alpha value is -1.22. The smallest absolute Gasteiger partial charge is 0.119 e. The van der Waals surface area contributed by atoms with Gasteiger partial charge >= 0.3 is 0 Å². The fourth-order valence-corrected chi connectivity index (χ4v) is 2.95. The van der Waals surface area contributed by atoms with E-state index in [4.69, 9.17) is 9.47 Å². The van der Waals surface area contributed by atoms with Gasteiger partial charge in [-0.05, 0) is 42.5 Å². The molecule has 1 aromatic rings. The van der Waals surface area contributed by atoms with Gasteiger partial charge in [0.05, 0.1) is 7.11 Å². The molecule has 112 valence electrons. The van der Waals surface area contributed by atoms with Gasteiger partial charge in [0, 0.05) is 12.6 Å². The van der Waals surface area contributed by atoms with Gasteiger partial charge in [-0.3, -0.25) is 0 Å². The first-order chi connectivity index (χ1) is 9.62. The van der Waals surface area contributed by atoms with Gasteiger partial charge < -0.3 is 14.8 Å². The van der Waals surface area contributed by atoms with Crippen molar-refractivity contribution in [3.63, 3.8) is 0 Å². The number of methoxy groups -OCH3 is 1. The van der Waals surface area contributed by atoms with Crippen LogP contribution in [0.2, 0.25) is 0 Å². The van der Waals surface area contributed by atoms with Crippen molar-refractivity contribution in [3.05, 3.63) is 24.3 Å². The first-order valence-corrected chi connectivity index (χ1v) is 7.62. The topological polar surface area (TPSA) is 30.5 Å². The summed E-state index contributed by atoms with van der Waals surface area (Å²) in [7, 11) is 1.67. The Kier molecular flexibility index (Phi) is 5.30. The molecule has 1 saturated carbocycles. The standard InChI is InChI=1S/C17H27NO2/c1-17(2)11-5-4-6-16(17)18-12-13-20-15-9-7-14(19-3)8-10-15/h7-10,16,18H,4-6,11-13H2,1-3H3. The molecule has 0 saturated heterocycles. The van der Waals surface area contributed by atoms with E-state index >= 15 is 0 Å². The average molecular weight is 277 g/mol. The SMILES string of the molecule is COc1ccc(OCCNC2CCCCC2(C)C)cc1. The van der Waals surface area contributed by atoms with Crippen LogP contribution in [0.25, 0.3) is 0 Å². The lowest BCUT2D eigenvalue weighted by Crippen LogP contribution is -2.45. The Bertz CT molecular complexity index is 400. The molecule has 0 aliphatic heterocycles. The Labute approximate surface area is 122 Å². The van der Waals surface area contributed by atoms with Crippen LogP contribution in [-0.2, 0) is 0 Å². The van der Waals surface area contributed by atoms with Crippen LogP contribution in [0, 0.1) is 5.41 Å². The Morgan fingerprint density at radius 1 is 1.15 bits per heavy atom. The minimum absolute atomic E-state index is 0.415. The van der Waals surface area contributed by atoms with E-state index in [0.29, 0.717) is 18.1 Å². The van der Waals surface area contributed by atoms with E-state index in [1.165, 1.54) is 25.7 Å². The van der Waals surface area contributed by atoms with Gasteiger partial charge in [-0.1, -0.05) is 26.7 Å². The predicted molar refractivity (Wildman–Crippen MR) is 82.5 cm³/mol. The third kappa shape index (κ3) is 4.14. The summed E-state index contributed by atoms with van der Waals surface area (Å²) in [5.74, 6) is 1.76. The molecule has 1 atom stereocenters. The summed E-state index contributed by atoms with van der Waals surface area (Å²) in [5.41, 5.74) is 0.415. The highest BCUT2D eigenvalue weighted by Crippen LogP contribution is 2.35. The Morgan fingerprint density at radius 3 is 2.50 bits per heavy atom. The van der Waals surface area contributed by atoms with E-state index in [-0.39, 0.29) is 0 Å². The number of hydrogen-bond acceptors (Lipinski definition) is 3. The summed E-state index contributed by atoms with van der Waals surface area (Å²) in [6, 6.07) is 8.36. The minimum atomic E-state index is 0.415. The number of ether oxygens (including phenoxy) is 2. The molecule has 1 fully saturated rings. The minimum Gasteiger partial charge on any atom is -0.497 e. The van der Waals surface area contributed by atoms with Crippen molar-refractivity contribution < 1.29 is 9.47 Å². The lowest BCUT2D eigenvalue weighted by atomic mass is 9.73. The predicted octanol–water partition coefficient (Wildman–Crippen LogP) is 3.63. The van der Waals surface area contributed by atoms with Crippen LogP contribution in [0.3, 0.4) is 0 Å². The summed E-state index contributed by atoms with van der Waals surface area (Å²) < 4.78 is 10.9. The number of benzene rings is 1. The molecule has 2 rings (SSSR count). The van der Waals surface area contributed by atoms with Crippen molar-refractivity contribution in [3.8, 4) is 11.5 Å². The molecule has 1 N–H and O–H groups in total. The molecule has 0 heterocycles. The number of rotatable bonds is 6. The van der Waals surface area contributed by atoms with Gasteiger partial charge in [0.15, 0.2) is 0 Å². The lowest BCUT2D eigenvalue weighted by Gasteiger charge is -2.39. The highest BCUT2D eigenvalue weighted by Gasteiger charge is 2.31. The zero-order valence-corrected chi connectivity index (χ0v) is 12.9. The second-order valence-corrected chi connectivity index (χ2v) is 6.27. The monoisotopic (exact) mass is 277 g/mol. The van der Waals surface area contributed by atoms with Crippen molar-refractivity contribution in [2.45, 2.75) is 45.6 Å². The largest absolute Gasteiger partial charge is 0.497 e. The van der Waals surface area contributed by atoms with Crippen LogP contribution >= 0.6 is 0 Å². The first-order valence-electron chi connectivity index (χ1n) is 7.62. The summed E-state index contributed by atoms with van der Waals surface area (Å²) in [4.78, 5) is 0. The van der Waals surface area contributed by atoms with E-state index in [0.717, 1.165) is 18.0 Å². The van der Waals surface area contributed by atoms with Gasteiger partial charge in [-0.2, -0.15) is 0 Å². The maximum atomic E-state index is 5.75. The lowest BCUT2D eigenvalue weighted by molar-refractivity contribution is 0.161. The summed E-state index contributed by atoms with van der Waals surface area (Å²) in [6.07, 6.45) is 5.33. The molecule has 0 spiro atoms. The molecule has 3 heteroatoms. The maximum Gasteiger partial charge on any atom is 0.119 e. The maximum absolute atomic E-state index is 5.75. The van der Waals surface area contributed by atoms with E-state index in [1.54, 1.807) is 7.11 Å². The third-order valence-corrected chi connectivity index (χ3v) is 4.33. The Balaban J connectivity index is 1.70. The van der Waals surface area contributed by atoms with Crippen molar-refractivity contribution in [1.82, 2.24) is 5.32 Å². The van der Waals surface area contributed by atoms with Crippen LogP contribution in [0.15, 0.2) is 24.3 Å². The molecular formula is C17H27NO2. The quantitative estimate of drug-likeness (QED) is 0.805. The van der Waals surface area contributed by atoms with E-state index in [9.17, 15) is 0 Å². The highest BCUT2D eigenvalue weighted by molar-refractivity contribution is 5.31. The van der Waals surface area contributed by atoms with E-state index < -0.39 is 0 Å². The van der Waals surface area contributed by atoms with E-state index in [2.05, 4.69) is 19.2 Å². The normalized spacial score (nSPS) is 21.4. The molecule has 0 radical (unpaired) electrons. The van der Waals surface area contributed by atoms with Crippen LogP contribution in [0.5, 0.6) is 11.5 Å². The van der Waals surface area contributed by atoms with Crippen LogP contribution in [0.4, 0.5) is 0 Å². The van der Waals surface area contributed by atoms with Crippen molar-refractivity contribution >= 4 is 0 Å². The third-order valence-electron chi connectivity index (χ3n) is 4.33. The zero-order chi connectivity index (χ0) is 14.4. The molecular weight excluding hydrogens is 250 g/mol. The number of hydrogen-bond donors (Lipinski definition) is 1. The second-order valence-electron chi connectivity index (χ2n) is 6.27. The van der Waals surface area contributed by atoms with Crippen molar-refractivity contribution in [2.75, 3.05) is 20.3 Å². The molecule has 1 unspecified atom stereocenters. The van der Waals surface area contributed by atoms with Gasteiger partial charge in [0.25, 0.3) is 0 Å². The number of nitrogens with one attached hydrogen (secondary N) is 1. The van der Waals surface area contributed by atoms with Gasteiger partial charge in [0.1, 0.15) is 18.1 Å². The second kappa shape index (κ2) is 6.98.